The molecule has 0 fully saturated rings. The molecule has 0 aliphatic carbocycles. The van der Waals surface area contributed by atoms with E-state index in [1.807, 2.05) is 0 Å². The number of hydrogen-bond acceptors (Lipinski definition) is 2. The molecule has 1 heterocycles. The third-order valence-corrected chi connectivity index (χ3v) is 2.82. The lowest BCUT2D eigenvalue weighted by Crippen LogP contribution is -2.01. The first-order valence-electron chi connectivity index (χ1n) is 3.97. The highest BCUT2D eigenvalue weighted by atomic mass is 79.9. The van der Waals surface area contributed by atoms with Gasteiger partial charge in [0.15, 0.2) is 0 Å². The molecule has 0 spiro atoms. The summed E-state index contributed by atoms with van der Waals surface area (Å²) in [6.07, 6.45) is 0. The van der Waals surface area contributed by atoms with Crippen LogP contribution < -0.4 is 5.63 Å². The Morgan fingerprint density at radius 3 is 2.79 bits per heavy atom. The van der Waals surface area contributed by atoms with Crippen LogP contribution in [0.25, 0.3) is 11.0 Å². The van der Waals surface area contributed by atoms with Gasteiger partial charge in [0.2, 0.25) is 0 Å². The normalized spacial score (nSPS) is 10.8. The Bertz CT molecular complexity index is 560. The topological polar surface area (TPSA) is 30.2 Å². The van der Waals surface area contributed by atoms with Gasteiger partial charge in [0.25, 0.3) is 0 Å². The van der Waals surface area contributed by atoms with E-state index in [4.69, 9.17) is 16.0 Å². The lowest BCUT2D eigenvalue weighted by Gasteiger charge is -2.01. The van der Waals surface area contributed by atoms with E-state index in [1.54, 1.807) is 25.1 Å². The van der Waals surface area contributed by atoms with Crippen LogP contribution in [0.4, 0.5) is 0 Å². The molecule has 4 heteroatoms. The number of hydrogen-bond donors (Lipinski definition) is 0. The van der Waals surface area contributed by atoms with Gasteiger partial charge in [-0.1, -0.05) is 11.6 Å². The quantitative estimate of drug-likeness (QED) is 0.688. The molecule has 0 unspecified atom stereocenters. The SMILES string of the molecule is Cc1cc2c(Br)cc(Cl)cc2oc1=O. The van der Waals surface area contributed by atoms with E-state index in [9.17, 15) is 4.79 Å². The molecule has 0 aliphatic heterocycles. The molecule has 0 bridgehead atoms. The fourth-order valence-electron chi connectivity index (χ4n) is 1.24. The van der Waals surface area contributed by atoms with Crippen LogP contribution in [0.1, 0.15) is 5.56 Å². The molecule has 1 aromatic heterocycles. The van der Waals surface area contributed by atoms with Crippen LogP contribution in [0.2, 0.25) is 5.02 Å². The van der Waals surface area contributed by atoms with Crippen LogP contribution in [-0.2, 0) is 0 Å². The molecule has 2 aromatic rings. The lowest BCUT2D eigenvalue weighted by molar-refractivity contribution is 0.555. The van der Waals surface area contributed by atoms with Crippen molar-refractivity contribution in [1.82, 2.24) is 0 Å². The number of benzene rings is 1. The standard InChI is InChI=1S/C10H6BrClO2/c1-5-2-7-8(11)3-6(12)4-9(7)14-10(5)13/h2-4H,1H3. The number of rotatable bonds is 0. The van der Waals surface area contributed by atoms with E-state index in [0.717, 1.165) is 9.86 Å². The summed E-state index contributed by atoms with van der Waals surface area (Å²) in [5.41, 5.74) is 0.757. The van der Waals surface area contributed by atoms with Crippen molar-refractivity contribution in [2.75, 3.05) is 0 Å². The van der Waals surface area contributed by atoms with Crippen molar-refractivity contribution in [2.24, 2.45) is 0 Å². The van der Waals surface area contributed by atoms with Crippen molar-refractivity contribution in [3.05, 3.63) is 43.7 Å². The van der Waals surface area contributed by atoms with Gasteiger partial charge < -0.3 is 4.42 Å². The second-order valence-electron chi connectivity index (χ2n) is 3.02. The fourth-order valence-corrected chi connectivity index (χ4v) is 2.14. The molecule has 0 amide bonds. The Hall–Kier alpha value is -0.800. The van der Waals surface area contributed by atoms with Gasteiger partial charge >= 0.3 is 5.63 Å². The minimum absolute atomic E-state index is 0.327. The van der Waals surface area contributed by atoms with Crippen molar-refractivity contribution >= 4 is 38.5 Å². The molecule has 0 saturated carbocycles. The lowest BCUT2D eigenvalue weighted by atomic mass is 10.2. The molecule has 2 rings (SSSR count). The zero-order valence-electron chi connectivity index (χ0n) is 7.30. The average molecular weight is 274 g/mol. The van der Waals surface area contributed by atoms with E-state index in [1.165, 1.54) is 0 Å². The minimum atomic E-state index is -0.327. The first-order chi connectivity index (χ1) is 6.58. The fraction of sp³-hybridized carbons (Fsp3) is 0.100. The van der Waals surface area contributed by atoms with Gasteiger partial charge in [0, 0.05) is 26.5 Å². The maximum absolute atomic E-state index is 11.2. The molecule has 0 atom stereocenters. The van der Waals surface area contributed by atoms with Gasteiger partial charge in [-0.05, 0) is 35.0 Å². The van der Waals surface area contributed by atoms with E-state index >= 15 is 0 Å². The maximum Gasteiger partial charge on any atom is 0.339 e. The average Bonchev–Trinajstić information content (AvgIpc) is 2.08. The van der Waals surface area contributed by atoms with Crippen molar-refractivity contribution in [3.8, 4) is 0 Å². The van der Waals surface area contributed by atoms with E-state index in [0.29, 0.717) is 16.2 Å². The van der Waals surface area contributed by atoms with E-state index < -0.39 is 0 Å². The van der Waals surface area contributed by atoms with Crippen molar-refractivity contribution in [1.29, 1.82) is 0 Å². The summed E-state index contributed by atoms with van der Waals surface area (Å²) in [7, 11) is 0. The third-order valence-electron chi connectivity index (χ3n) is 1.94. The molecule has 0 radical (unpaired) electrons. The first kappa shape index (κ1) is 9.74. The summed E-state index contributed by atoms with van der Waals surface area (Å²) in [6, 6.07) is 5.17. The summed E-state index contributed by atoms with van der Waals surface area (Å²) >= 11 is 9.18. The minimum Gasteiger partial charge on any atom is -0.422 e. The van der Waals surface area contributed by atoms with Gasteiger partial charge in [-0.3, -0.25) is 0 Å². The Morgan fingerprint density at radius 2 is 2.07 bits per heavy atom. The second-order valence-corrected chi connectivity index (χ2v) is 4.31. The summed E-state index contributed by atoms with van der Waals surface area (Å²) < 4.78 is 5.91. The predicted molar refractivity (Wildman–Crippen MR) is 59.9 cm³/mol. The summed E-state index contributed by atoms with van der Waals surface area (Å²) in [4.78, 5) is 11.2. The molecule has 0 aliphatic rings. The zero-order valence-corrected chi connectivity index (χ0v) is 9.65. The number of fused-ring (bicyclic) bond motifs is 1. The monoisotopic (exact) mass is 272 g/mol. The van der Waals surface area contributed by atoms with Crippen LogP contribution in [0.5, 0.6) is 0 Å². The van der Waals surface area contributed by atoms with E-state index in [-0.39, 0.29) is 5.63 Å². The highest BCUT2D eigenvalue weighted by molar-refractivity contribution is 9.10. The zero-order chi connectivity index (χ0) is 10.3. The molecule has 14 heavy (non-hydrogen) atoms. The van der Waals surface area contributed by atoms with Gasteiger partial charge in [0.1, 0.15) is 5.58 Å². The Kier molecular flexibility index (Phi) is 2.37. The van der Waals surface area contributed by atoms with Crippen LogP contribution >= 0.6 is 27.5 Å². The molecular formula is C10H6BrClO2. The van der Waals surface area contributed by atoms with Crippen LogP contribution in [0.15, 0.2) is 31.9 Å². The van der Waals surface area contributed by atoms with Gasteiger partial charge in [-0.2, -0.15) is 0 Å². The van der Waals surface area contributed by atoms with Gasteiger partial charge in [0.05, 0.1) is 0 Å². The smallest absolute Gasteiger partial charge is 0.339 e. The Morgan fingerprint density at radius 1 is 1.36 bits per heavy atom. The molecule has 1 aromatic carbocycles. The largest absolute Gasteiger partial charge is 0.422 e. The summed E-state index contributed by atoms with van der Waals surface area (Å²) in [6.45, 7) is 1.71. The molecule has 2 nitrogen and oxygen atoms in total. The number of halogens is 2. The highest BCUT2D eigenvalue weighted by Gasteiger charge is 2.05. The van der Waals surface area contributed by atoms with Crippen LogP contribution in [-0.4, -0.2) is 0 Å². The van der Waals surface area contributed by atoms with Gasteiger partial charge in [-0.25, -0.2) is 4.79 Å². The van der Waals surface area contributed by atoms with Crippen molar-refractivity contribution in [2.45, 2.75) is 6.92 Å². The van der Waals surface area contributed by atoms with Crippen molar-refractivity contribution in [3.63, 3.8) is 0 Å². The Labute approximate surface area is 93.6 Å². The van der Waals surface area contributed by atoms with Gasteiger partial charge in [-0.15, -0.1) is 0 Å². The maximum atomic E-state index is 11.2. The first-order valence-corrected chi connectivity index (χ1v) is 5.14. The predicted octanol–water partition coefficient (Wildman–Crippen LogP) is 3.52. The third kappa shape index (κ3) is 1.57. The summed E-state index contributed by atoms with van der Waals surface area (Å²) in [5, 5.41) is 1.39. The number of aryl methyl sites for hydroxylation is 1. The Balaban J connectivity index is 2.96. The molecular weight excluding hydrogens is 267 g/mol. The van der Waals surface area contributed by atoms with E-state index in [2.05, 4.69) is 15.9 Å². The highest BCUT2D eigenvalue weighted by Crippen LogP contribution is 2.27. The molecule has 0 N–H and O–H groups in total. The molecule has 72 valence electrons. The van der Waals surface area contributed by atoms with Crippen LogP contribution in [0.3, 0.4) is 0 Å². The summed E-state index contributed by atoms with van der Waals surface area (Å²) in [5.74, 6) is 0. The van der Waals surface area contributed by atoms with Crippen molar-refractivity contribution < 1.29 is 4.42 Å². The second kappa shape index (κ2) is 3.41. The van der Waals surface area contributed by atoms with Crippen LogP contribution in [0, 0.1) is 6.92 Å². The molecule has 0 saturated heterocycles.